The van der Waals surface area contributed by atoms with Gasteiger partial charge in [0.25, 0.3) is 0 Å². The fourth-order valence-electron chi connectivity index (χ4n) is 3.64. The topological polar surface area (TPSA) is 98.1 Å². The van der Waals surface area contributed by atoms with Crippen molar-refractivity contribution in [3.8, 4) is 16.9 Å². The average molecular weight is 577 g/mol. The van der Waals surface area contributed by atoms with Gasteiger partial charge >= 0.3 is 11.9 Å². The molecule has 14 heteroatoms. The minimum atomic E-state index is -4.93. The van der Waals surface area contributed by atoms with Crippen molar-refractivity contribution in [2.24, 2.45) is 0 Å². The molecule has 4 aromatic rings. The van der Waals surface area contributed by atoms with Gasteiger partial charge in [-0.05, 0) is 42.8 Å². The zero-order valence-electron chi connectivity index (χ0n) is 19.0. The highest BCUT2D eigenvalue weighted by atomic mass is 35.5. The minimum absolute atomic E-state index is 0.0835. The monoisotopic (exact) mass is 575 g/mol. The highest BCUT2D eigenvalue weighted by Crippen LogP contribution is 2.28. The number of imidazole rings is 1. The normalized spacial score (nSPS) is 13.6. The van der Waals surface area contributed by atoms with E-state index in [0.29, 0.717) is 21.3 Å². The minimum Gasteiger partial charge on any atom is -0.385 e. The van der Waals surface area contributed by atoms with Crippen LogP contribution in [0, 0.1) is 0 Å². The van der Waals surface area contributed by atoms with Gasteiger partial charge in [-0.15, -0.1) is 5.10 Å². The molecule has 2 atom stereocenters. The van der Waals surface area contributed by atoms with Gasteiger partial charge in [-0.1, -0.05) is 46.9 Å². The first-order chi connectivity index (χ1) is 17.3. The highest BCUT2D eigenvalue weighted by Gasteiger charge is 2.39. The van der Waals surface area contributed by atoms with E-state index in [9.17, 15) is 28.2 Å². The summed E-state index contributed by atoms with van der Waals surface area (Å²) >= 11 is 18.2. The molecule has 0 aliphatic carbocycles. The van der Waals surface area contributed by atoms with E-state index in [1.807, 2.05) is 0 Å². The van der Waals surface area contributed by atoms with Crippen molar-refractivity contribution in [2.75, 3.05) is 0 Å². The first-order valence-electron chi connectivity index (χ1n) is 10.7. The van der Waals surface area contributed by atoms with Crippen LogP contribution in [0.2, 0.25) is 15.1 Å². The van der Waals surface area contributed by atoms with Crippen LogP contribution < -0.4 is 5.69 Å². The molecule has 4 rings (SSSR count). The zero-order valence-corrected chi connectivity index (χ0v) is 21.3. The van der Waals surface area contributed by atoms with E-state index in [-0.39, 0.29) is 28.9 Å². The van der Waals surface area contributed by atoms with E-state index in [2.05, 4.69) is 10.1 Å². The lowest BCUT2D eigenvalue weighted by molar-refractivity contribution is -0.207. The molecule has 0 saturated heterocycles. The smallest absolute Gasteiger partial charge is 0.385 e. The molecule has 2 unspecified atom stereocenters. The molecule has 2 aromatic carbocycles. The Balaban J connectivity index is 1.78. The standard InChI is InChI=1S/C23H19Cl3F3N5O3/c1-12(35)21-30-20(31-34(21)17-7-6-15(25)8-16(17)26)11-32-9-18(13-2-4-14(24)5-3-13)33(22(32)37)10-19(36)23(27,28)29/h2-9,12,19,35-36H,10-11H2,1H3. The van der Waals surface area contributed by atoms with E-state index in [4.69, 9.17) is 34.8 Å². The van der Waals surface area contributed by atoms with Gasteiger partial charge in [-0.2, -0.15) is 13.2 Å². The molecule has 0 saturated carbocycles. The Morgan fingerprint density at radius 1 is 1.03 bits per heavy atom. The fraction of sp³-hybridized carbons (Fsp3) is 0.261. The number of aliphatic hydroxyl groups excluding tert-OH is 2. The maximum Gasteiger partial charge on any atom is 0.416 e. The van der Waals surface area contributed by atoms with Crippen molar-refractivity contribution in [1.29, 1.82) is 0 Å². The molecule has 0 bridgehead atoms. The molecule has 0 aliphatic rings. The number of aliphatic hydroxyl groups is 2. The third-order valence-electron chi connectivity index (χ3n) is 5.42. The lowest BCUT2D eigenvalue weighted by atomic mass is 10.1. The van der Waals surface area contributed by atoms with Gasteiger partial charge < -0.3 is 10.2 Å². The van der Waals surface area contributed by atoms with Crippen molar-refractivity contribution >= 4 is 34.8 Å². The van der Waals surface area contributed by atoms with Crippen LogP contribution in [0.3, 0.4) is 0 Å². The first-order valence-corrected chi connectivity index (χ1v) is 11.9. The molecular weight excluding hydrogens is 558 g/mol. The number of aromatic nitrogens is 5. The largest absolute Gasteiger partial charge is 0.416 e. The Morgan fingerprint density at radius 2 is 1.68 bits per heavy atom. The Bertz CT molecular complexity index is 1480. The van der Waals surface area contributed by atoms with Crippen molar-refractivity contribution in [2.45, 2.75) is 38.4 Å². The molecule has 0 aliphatic heterocycles. The van der Waals surface area contributed by atoms with Crippen LogP contribution in [0.15, 0.2) is 53.5 Å². The molecule has 8 nitrogen and oxygen atoms in total. The second kappa shape index (κ2) is 10.5. The maximum atomic E-state index is 13.2. The molecule has 2 N–H and O–H groups in total. The Morgan fingerprint density at radius 3 is 2.27 bits per heavy atom. The maximum absolute atomic E-state index is 13.2. The molecule has 0 radical (unpaired) electrons. The van der Waals surface area contributed by atoms with E-state index in [1.165, 1.54) is 36.0 Å². The van der Waals surface area contributed by atoms with Crippen LogP contribution in [0.1, 0.15) is 24.7 Å². The summed E-state index contributed by atoms with van der Waals surface area (Å²) in [7, 11) is 0. The molecule has 2 heterocycles. The van der Waals surface area contributed by atoms with Crippen LogP contribution in [0.4, 0.5) is 13.2 Å². The third-order valence-corrected chi connectivity index (χ3v) is 6.21. The summed E-state index contributed by atoms with van der Waals surface area (Å²) in [5, 5.41) is 25.3. The van der Waals surface area contributed by atoms with Crippen LogP contribution in [0.5, 0.6) is 0 Å². The Hall–Kier alpha value is -2.83. The molecule has 37 heavy (non-hydrogen) atoms. The fourth-order valence-corrected chi connectivity index (χ4v) is 4.25. The summed E-state index contributed by atoms with van der Waals surface area (Å²) < 4.78 is 42.5. The average Bonchev–Trinajstić information content (AvgIpc) is 3.36. The van der Waals surface area contributed by atoms with Gasteiger partial charge in [0.15, 0.2) is 17.8 Å². The SMILES string of the molecule is CC(O)c1nc(Cn2cc(-c3ccc(Cl)cc3)n(CC(O)C(F)(F)F)c2=O)nn1-c1ccc(Cl)cc1Cl. The second-order valence-electron chi connectivity index (χ2n) is 8.17. The van der Waals surface area contributed by atoms with Gasteiger partial charge in [0.05, 0.1) is 29.5 Å². The van der Waals surface area contributed by atoms with Gasteiger partial charge in [0.1, 0.15) is 6.10 Å². The first kappa shape index (κ1) is 27.2. The van der Waals surface area contributed by atoms with E-state index in [0.717, 1.165) is 9.13 Å². The number of halogens is 6. The number of rotatable bonds is 7. The van der Waals surface area contributed by atoms with Crippen molar-refractivity contribution in [1.82, 2.24) is 23.9 Å². The van der Waals surface area contributed by atoms with Crippen molar-refractivity contribution < 1.29 is 23.4 Å². The van der Waals surface area contributed by atoms with Crippen LogP contribution in [0.25, 0.3) is 16.9 Å². The summed E-state index contributed by atoms with van der Waals surface area (Å²) in [6, 6.07) is 10.8. The summed E-state index contributed by atoms with van der Waals surface area (Å²) in [5.41, 5.74) is 0.0835. The zero-order chi connectivity index (χ0) is 27.1. The van der Waals surface area contributed by atoms with Crippen LogP contribution in [-0.2, 0) is 13.1 Å². The lowest BCUT2D eigenvalue weighted by Crippen LogP contribution is -2.37. The lowest BCUT2D eigenvalue weighted by Gasteiger charge is -2.16. The van der Waals surface area contributed by atoms with Gasteiger partial charge in [0, 0.05) is 16.2 Å². The second-order valence-corrected chi connectivity index (χ2v) is 9.45. The molecular formula is C23H19Cl3F3N5O3. The summed E-state index contributed by atoms with van der Waals surface area (Å²) in [6.07, 6.45) is -7.42. The molecule has 0 amide bonds. The van der Waals surface area contributed by atoms with Crippen LogP contribution >= 0.6 is 34.8 Å². The number of hydrogen-bond acceptors (Lipinski definition) is 5. The van der Waals surface area contributed by atoms with E-state index < -0.39 is 30.6 Å². The molecule has 2 aromatic heterocycles. The highest BCUT2D eigenvalue weighted by molar-refractivity contribution is 6.35. The number of benzene rings is 2. The van der Waals surface area contributed by atoms with Crippen molar-refractivity contribution in [3.63, 3.8) is 0 Å². The van der Waals surface area contributed by atoms with Gasteiger partial charge in [-0.3, -0.25) is 9.13 Å². The molecule has 0 fully saturated rings. The van der Waals surface area contributed by atoms with E-state index in [1.54, 1.807) is 24.3 Å². The third kappa shape index (κ3) is 5.86. The van der Waals surface area contributed by atoms with Crippen LogP contribution in [-0.4, -0.2) is 46.4 Å². The van der Waals surface area contributed by atoms with E-state index >= 15 is 0 Å². The summed E-state index contributed by atoms with van der Waals surface area (Å²) in [5.74, 6) is 0.206. The Kier molecular flexibility index (Phi) is 7.72. The van der Waals surface area contributed by atoms with Gasteiger partial charge in [0.2, 0.25) is 0 Å². The summed E-state index contributed by atoms with van der Waals surface area (Å²) in [4.78, 5) is 17.5. The van der Waals surface area contributed by atoms with Crippen molar-refractivity contribution in [3.05, 3.63) is 85.9 Å². The molecule has 196 valence electrons. The number of hydrogen-bond donors (Lipinski definition) is 2. The summed E-state index contributed by atoms with van der Waals surface area (Å²) in [6.45, 7) is 0.203. The Labute approximate surface area is 223 Å². The predicted molar refractivity (Wildman–Crippen MR) is 132 cm³/mol. The quantitative estimate of drug-likeness (QED) is 0.327. The predicted octanol–water partition coefficient (Wildman–Crippen LogP) is 4.88. The number of alkyl halides is 3. The molecule has 0 spiro atoms. The van der Waals surface area contributed by atoms with Gasteiger partial charge in [-0.25, -0.2) is 14.5 Å². The number of nitrogens with zero attached hydrogens (tertiary/aromatic N) is 5.